The lowest BCUT2D eigenvalue weighted by molar-refractivity contribution is -0.124. The third kappa shape index (κ3) is 6.16. The zero-order valence-corrected chi connectivity index (χ0v) is 15.0. The smallest absolute Gasteiger partial charge is 0.412 e. The number of aryl methyl sites for hydroxylation is 1. The number of amides is 2. The maximum atomic E-state index is 12.3. The Bertz CT molecular complexity index is 800. The van der Waals surface area contributed by atoms with Crippen LogP contribution < -0.4 is 10.8 Å². The molecule has 142 valence electrons. The fourth-order valence-electron chi connectivity index (χ4n) is 2.42. The van der Waals surface area contributed by atoms with Gasteiger partial charge in [0.05, 0.1) is 0 Å². The normalized spacial score (nSPS) is 13.0. The number of phenols is 1. The van der Waals surface area contributed by atoms with Crippen molar-refractivity contribution in [1.82, 2.24) is 5.48 Å². The van der Waals surface area contributed by atoms with Crippen molar-refractivity contribution in [3.05, 3.63) is 71.8 Å². The van der Waals surface area contributed by atoms with Crippen LogP contribution in [0.2, 0.25) is 0 Å². The van der Waals surface area contributed by atoms with E-state index < -0.39 is 18.1 Å². The number of aromatic hydroxyl groups is 1. The Morgan fingerprint density at radius 1 is 1.07 bits per heavy atom. The van der Waals surface area contributed by atoms with Gasteiger partial charge in [-0.2, -0.15) is 0 Å². The van der Waals surface area contributed by atoms with Gasteiger partial charge in [-0.3, -0.25) is 15.3 Å². The number of rotatable bonds is 6. The van der Waals surface area contributed by atoms with Gasteiger partial charge in [-0.1, -0.05) is 42.8 Å². The standard InChI is InChI=1S/C20H22N2O5/c1-13-3-8-16(9-4-13)21-20(25)27-19(14(2)5-12-18(24)22-26)15-6-10-17(23)11-7-15/h3-12,14,19,23,26H,1-2H3,(H,21,25)(H,22,24)/b12-5+/t14-,19-/m1/s1. The number of hydrogen-bond acceptors (Lipinski definition) is 5. The van der Waals surface area contributed by atoms with Gasteiger partial charge in [-0.15, -0.1) is 0 Å². The molecule has 4 N–H and O–H groups in total. The van der Waals surface area contributed by atoms with Crippen LogP contribution in [0, 0.1) is 12.8 Å². The molecule has 7 nitrogen and oxygen atoms in total. The monoisotopic (exact) mass is 370 g/mol. The highest BCUT2D eigenvalue weighted by molar-refractivity contribution is 5.86. The van der Waals surface area contributed by atoms with Crippen LogP contribution >= 0.6 is 0 Å². The van der Waals surface area contributed by atoms with Gasteiger partial charge < -0.3 is 9.84 Å². The summed E-state index contributed by atoms with van der Waals surface area (Å²) >= 11 is 0. The zero-order chi connectivity index (χ0) is 19.8. The molecule has 0 radical (unpaired) electrons. The zero-order valence-electron chi connectivity index (χ0n) is 15.0. The van der Waals surface area contributed by atoms with Crippen molar-refractivity contribution in [1.29, 1.82) is 0 Å². The van der Waals surface area contributed by atoms with Crippen LogP contribution in [0.4, 0.5) is 10.5 Å². The summed E-state index contributed by atoms with van der Waals surface area (Å²) in [5.41, 5.74) is 3.81. The molecule has 0 aliphatic heterocycles. The molecular formula is C20H22N2O5. The predicted octanol–water partition coefficient (Wildman–Crippen LogP) is 3.69. The molecule has 0 fully saturated rings. The molecule has 0 heterocycles. The molecule has 0 spiro atoms. The number of hydrogen-bond donors (Lipinski definition) is 4. The van der Waals surface area contributed by atoms with Crippen molar-refractivity contribution in [3.8, 4) is 5.75 Å². The summed E-state index contributed by atoms with van der Waals surface area (Å²) in [5, 5.41) is 20.7. The van der Waals surface area contributed by atoms with E-state index in [1.807, 2.05) is 19.1 Å². The van der Waals surface area contributed by atoms with Crippen LogP contribution in [0.1, 0.15) is 24.2 Å². The molecule has 0 aliphatic carbocycles. The summed E-state index contributed by atoms with van der Waals surface area (Å²) in [6, 6.07) is 13.5. The summed E-state index contributed by atoms with van der Waals surface area (Å²) < 4.78 is 5.56. The molecule has 2 aromatic rings. The Hall–Kier alpha value is -3.32. The van der Waals surface area contributed by atoms with E-state index in [4.69, 9.17) is 9.94 Å². The minimum atomic E-state index is -0.709. The average molecular weight is 370 g/mol. The summed E-state index contributed by atoms with van der Waals surface area (Å²) in [6.45, 7) is 3.71. The predicted molar refractivity (Wildman–Crippen MR) is 100 cm³/mol. The fraction of sp³-hybridized carbons (Fsp3) is 0.200. The minimum Gasteiger partial charge on any atom is -0.508 e. The number of ether oxygens (including phenoxy) is 1. The lowest BCUT2D eigenvalue weighted by Gasteiger charge is -2.23. The van der Waals surface area contributed by atoms with Crippen LogP contribution in [0.25, 0.3) is 0 Å². The first-order valence-corrected chi connectivity index (χ1v) is 8.34. The van der Waals surface area contributed by atoms with E-state index in [1.165, 1.54) is 23.7 Å². The van der Waals surface area contributed by atoms with Crippen molar-refractivity contribution < 1.29 is 24.6 Å². The Morgan fingerprint density at radius 3 is 2.30 bits per heavy atom. The number of nitrogens with one attached hydrogen (secondary N) is 2. The third-order valence-corrected chi connectivity index (χ3v) is 3.89. The highest BCUT2D eigenvalue weighted by atomic mass is 16.6. The second-order valence-electron chi connectivity index (χ2n) is 6.10. The molecule has 0 saturated heterocycles. The number of carbonyl (C=O) groups is 2. The van der Waals surface area contributed by atoms with Crippen LogP contribution in [0.15, 0.2) is 60.7 Å². The minimum absolute atomic E-state index is 0.0875. The Balaban J connectivity index is 2.16. The van der Waals surface area contributed by atoms with Gasteiger partial charge in [0.15, 0.2) is 0 Å². The van der Waals surface area contributed by atoms with Crippen molar-refractivity contribution in [2.45, 2.75) is 20.0 Å². The molecule has 7 heteroatoms. The Morgan fingerprint density at radius 2 is 1.70 bits per heavy atom. The van der Waals surface area contributed by atoms with Crippen molar-refractivity contribution in [2.24, 2.45) is 5.92 Å². The lowest BCUT2D eigenvalue weighted by Crippen LogP contribution is -2.22. The molecule has 2 aromatic carbocycles. The van der Waals surface area contributed by atoms with E-state index in [9.17, 15) is 14.7 Å². The largest absolute Gasteiger partial charge is 0.508 e. The Labute approximate surface area is 157 Å². The summed E-state index contributed by atoms with van der Waals surface area (Å²) in [5.74, 6) is -0.976. The van der Waals surface area contributed by atoms with Gasteiger partial charge in [0.2, 0.25) is 0 Å². The molecule has 2 amide bonds. The van der Waals surface area contributed by atoms with Gasteiger partial charge in [-0.25, -0.2) is 10.3 Å². The summed E-state index contributed by atoms with van der Waals surface area (Å²) in [4.78, 5) is 23.5. The summed E-state index contributed by atoms with van der Waals surface area (Å²) in [6.07, 6.45) is 1.31. The van der Waals surface area contributed by atoms with Crippen molar-refractivity contribution in [3.63, 3.8) is 0 Å². The van der Waals surface area contributed by atoms with E-state index >= 15 is 0 Å². The second kappa shape index (κ2) is 9.40. The maximum Gasteiger partial charge on any atom is 0.412 e. The molecule has 0 unspecified atom stereocenters. The SMILES string of the molecule is Cc1ccc(NC(=O)O[C@@H](c2ccc(O)cc2)[C@H](C)/C=C/C(=O)NO)cc1. The quantitative estimate of drug-likeness (QED) is 0.352. The second-order valence-corrected chi connectivity index (χ2v) is 6.10. The first kappa shape index (κ1) is 20.0. The number of phenolic OH excluding ortho intramolecular Hbond substituents is 1. The van der Waals surface area contributed by atoms with E-state index in [-0.39, 0.29) is 11.7 Å². The molecule has 27 heavy (non-hydrogen) atoms. The molecule has 2 rings (SSSR count). The number of carbonyl (C=O) groups excluding carboxylic acids is 2. The topological polar surface area (TPSA) is 108 Å². The highest BCUT2D eigenvalue weighted by Crippen LogP contribution is 2.29. The maximum absolute atomic E-state index is 12.3. The van der Waals surface area contributed by atoms with Gasteiger partial charge in [0.1, 0.15) is 11.9 Å². The van der Waals surface area contributed by atoms with E-state index in [1.54, 1.807) is 31.2 Å². The number of hydroxylamine groups is 1. The first-order valence-electron chi connectivity index (χ1n) is 8.34. The molecule has 2 atom stereocenters. The van der Waals surface area contributed by atoms with E-state index in [2.05, 4.69) is 5.32 Å². The molecular weight excluding hydrogens is 348 g/mol. The van der Waals surface area contributed by atoms with E-state index in [0.29, 0.717) is 11.3 Å². The lowest BCUT2D eigenvalue weighted by atomic mass is 9.96. The summed E-state index contributed by atoms with van der Waals surface area (Å²) in [7, 11) is 0. The first-order chi connectivity index (χ1) is 12.9. The van der Waals surface area contributed by atoms with Crippen LogP contribution in [0.5, 0.6) is 5.75 Å². The van der Waals surface area contributed by atoms with Crippen LogP contribution in [-0.4, -0.2) is 22.3 Å². The number of benzene rings is 2. The average Bonchev–Trinajstić information content (AvgIpc) is 2.66. The van der Waals surface area contributed by atoms with Gasteiger partial charge in [-0.05, 0) is 36.8 Å². The molecule has 0 saturated carbocycles. The molecule has 0 aromatic heterocycles. The van der Waals surface area contributed by atoms with Crippen LogP contribution in [0.3, 0.4) is 0 Å². The van der Waals surface area contributed by atoms with Crippen molar-refractivity contribution in [2.75, 3.05) is 5.32 Å². The third-order valence-electron chi connectivity index (χ3n) is 3.89. The Kier molecular flexibility index (Phi) is 6.96. The highest BCUT2D eigenvalue weighted by Gasteiger charge is 2.22. The van der Waals surface area contributed by atoms with Gasteiger partial charge in [0, 0.05) is 17.7 Å². The van der Waals surface area contributed by atoms with Gasteiger partial charge >= 0.3 is 6.09 Å². The molecule has 0 aliphatic rings. The van der Waals surface area contributed by atoms with Crippen molar-refractivity contribution >= 4 is 17.7 Å². The van der Waals surface area contributed by atoms with Crippen LogP contribution in [-0.2, 0) is 9.53 Å². The fourth-order valence-corrected chi connectivity index (χ4v) is 2.42. The number of anilines is 1. The van der Waals surface area contributed by atoms with E-state index in [0.717, 1.165) is 11.6 Å². The molecule has 0 bridgehead atoms. The van der Waals surface area contributed by atoms with Gasteiger partial charge in [0.25, 0.3) is 5.91 Å².